The van der Waals surface area contributed by atoms with Crippen molar-refractivity contribution in [2.24, 2.45) is 0 Å². The van der Waals surface area contributed by atoms with Gasteiger partial charge in [-0.25, -0.2) is 4.98 Å². The number of hydrogen-bond acceptors (Lipinski definition) is 7. The van der Waals surface area contributed by atoms with Crippen LogP contribution in [0.2, 0.25) is 0 Å². The number of allylic oxidation sites excluding steroid dienone is 2. The monoisotopic (exact) mass is 441 g/mol. The van der Waals surface area contributed by atoms with Crippen molar-refractivity contribution in [3.8, 4) is 11.5 Å². The van der Waals surface area contributed by atoms with Crippen LogP contribution in [0, 0.1) is 6.92 Å². The molecule has 1 aliphatic rings. The topological polar surface area (TPSA) is 79.4 Å². The van der Waals surface area contributed by atoms with Crippen LogP contribution in [0.1, 0.15) is 43.6 Å². The van der Waals surface area contributed by atoms with E-state index >= 15 is 0 Å². The Labute approximate surface area is 185 Å². The van der Waals surface area contributed by atoms with Crippen LogP contribution < -0.4 is 15.0 Å². The first-order valence-corrected chi connectivity index (χ1v) is 11.5. The van der Waals surface area contributed by atoms with Crippen molar-refractivity contribution >= 4 is 22.7 Å². The zero-order chi connectivity index (χ0) is 21.8. The van der Waals surface area contributed by atoms with Gasteiger partial charge in [-0.1, -0.05) is 28.6 Å². The van der Waals surface area contributed by atoms with Gasteiger partial charge < -0.3 is 14.0 Å². The standard InChI is InChI=1S/C23H27N3O4S/c1-15-11-17(25-30-15)14-31-23-24-19-13-21(29-3)20(28-2)12-18(19)22(27)26(23)10-9-16-7-5-4-6-8-16/h7,11-13H,4-6,8-10,14H2,1-3H3. The Kier molecular flexibility index (Phi) is 6.65. The first-order chi connectivity index (χ1) is 15.1. The van der Waals surface area contributed by atoms with Crippen LogP contribution in [-0.4, -0.2) is 28.9 Å². The van der Waals surface area contributed by atoms with E-state index in [1.165, 1.54) is 30.2 Å². The molecule has 4 rings (SSSR count). The molecule has 0 bridgehead atoms. The van der Waals surface area contributed by atoms with Crippen LogP contribution >= 0.6 is 11.8 Å². The normalized spacial score (nSPS) is 14.0. The minimum atomic E-state index is -0.0683. The molecule has 0 amide bonds. The largest absolute Gasteiger partial charge is 0.493 e. The first-order valence-electron chi connectivity index (χ1n) is 10.5. The first kappa shape index (κ1) is 21.5. The smallest absolute Gasteiger partial charge is 0.262 e. The number of fused-ring (bicyclic) bond motifs is 1. The Balaban J connectivity index is 1.72. The van der Waals surface area contributed by atoms with Gasteiger partial charge in [0.25, 0.3) is 5.56 Å². The van der Waals surface area contributed by atoms with Crippen molar-refractivity contribution in [2.45, 2.75) is 56.5 Å². The predicted molar refractivity (Wildman–Crippen MR) is 121 cm³/mol. The molecule has 0 N–H and O–H groups in total. The average Bonchev–Trinajstić information content (AvgIpc) is 3.22. The number of aryl methyl sites for hydroxylation is 1. The molecule has 164 valence electrons. The third-order valence-electron chi connectivity index (χ3n) is 5.49. The van der Waals surface area contributed by atoms with Gasteiger partial charge in [0.2, 0.25) is 0 Å². The molecule has 0 saturated carbocycles. The fourth-order valence-electron chi connectivity index (χ4n) is 3.85. The van der Waals surface area contributed by atoms with E-state index in [0.29, 0.717) is 39.9 Å². The van der Waals surface area contributed by atoms with Crippen LogP contribution in [0.4, 0.5) is 0 Å². The van der Waals surface area contributed by atoms with Gasteiger partial charge in [-0.3, -0.25) is 9.36 Å². The van der Waals surface area contributed by atoms with Gasteiger partial charge in [-0.05, 0) is 45.1 Å². The highest BCUT2D eigenvalue weighted by molar-refractivity contribution is 7.98. The van der Waals surface area contributed by atoms with Crippen molar-refractivity contribution < 1.29 is 14.0 Å². The maximum Gasteiger partial charge on any atom is 0.262 e. The minimum Gasteiger partial charge on any atom is -0.493 e. The van der Waals surface area contributed by atoms with Gasteiger partial charge >= 0.3 is 0 Å². The molecule has 2 aromatic heterocycles. The SMILES string of the molecule is COc1cc2nc(SCc3cc(C)on3)n(CCC3=CCCCC3)c(=O)c2cc1OC. The Hall–Kier alpha value is -2.74. The quantitative estimate of drug-likeness (QED) is 0.280. The number of rotatable bonds is 8. The second kappa shape index (κ2) is 9.60. The van der Waals surface area contributed by atoms with E-state index in [0.717, 1.165) is 30.7 Å². The van der Waals surface area contributed by atoms with Crippen molar-refractivity contribution in [3.05, 3.63) is 51.7 Å². The van der Waals surface area contributed by atoms with Crippen LogP contribution in [0.15, 0.2) is 44.3 Å². The van der Waals surface area contributed by atoms with E-state index in [1.807, 2.05) is 13.0 Å². The van der Waals surface area contributed by atoms with Gasteiger partial charge in [0, 0.05) is 24.4 Å². The number of benzene rings is 1. The molecular formula is C23H27N3O4S. The number of methoxy groups -OCH3 is 2. The molecule has 0 aliphatic heterocycles. The lowest BCUT2D eigenvalue weighted by molar-refractivity contribution is 0.355. The van der Waals surface area contributed by atoms with E-state index < -0.39 is 0 Å². The maximum atomic E-state index is 13.5. The molecule has 0 fully saturated rings. The summed E-state index contributed by atoms with van der Waals surface area (Å²) in [7, 11) is 3.14. The lowest BCUT2D eigenvalue weighted by Gasteiger charge is -2.17. The molecule has 0 atom stereocenters. The van der Waals surface area contributed by atoms with E-state index in [4.69, 9.17) is 19.0 Å². The molecule has 0 radical (unpaired) electrons. The number of ether oxygens (including phenoxy) is 2. The predicted octanol–water partition coefficient (Wildman–Crippen LogP) is 4.89. The fraction of sp³-hybridized carbons (Fsp3) is 0.435. The number of hydrogen-bond donors (Lipinski definition) is 0. The summed E-state index contributed by atoms with van der Waals surface area (Å²) in [6.07, 6.45) is 7.90. The zero-order valence-electron chi connectivity index (χ0n) is 18.1. The molecule has 7 nitrogen and oxygen atoms in total. The van der Waals surface area contributed by atoms with Crippen LogP contribution in [0.25, 0.3) is 10.9 Å². The number of aromatic nitrogens is 3. The Morgan fingerprint density at radius 3 is 2.65 bits per heavy atom. The van der Waals surface area contributed by atoms with Gasteiger partial charge in [0.15, 0.2) is 16.7 Å². The molecule has 0 unspecified atom stereocenters. The summed E-state index contributed by atoms with van der Waals surface area (Å²) in [5.74, 6) is 2.41. The Morgan fingerprint density at radius 1 is 1.16 bits per heavy atom. The molecule has 8 heteroatoms. The fourth-order valence-corrected chi connectivity index (χ4v) is 4.75. The number of thioether (sulfide) groups is 1. The lowest BCUT2D eigenvalue weighted by Crippen LogP contribution is -2.24. The van der Waals surface area contributed by atoms with E-state index in [9.17, 15) is 4.79 Å². The van der Waals surface area contributed by atoms with Crippen molar-refractivity contribution in [1.82, 2.24) is 14.7 Å². The van der Waals surface area contributed by atoms with Gasteiger partial charge in [-0.15, -0.1) is 0 Å². The zero-order valence-corrected chi connectivity index (χ0v) is 19.0. The summed E-state index contributed by atoms with van der Waals surface area (Å²) in [6, 6.07) is 5.38. The highest BCUT2D eigenvalue weighted by Crippen LogP contribution is 2.32. The summed E-state index contributed by atoms with van der Waals surface area (Å²) in [6.45, 7) is 2.46. The van der Waals surface area contributed by atoms with Crippen molar-refractivity contribution in [3.63, 3.8) is 0 Å². The molecular weight excluding hydrogens is 414 g/mol. The van der Waals surface area contributed by atoms with E-state index in [-0.39, 0.29) is 5.56 Å². The van der Waals surface area contributed by atoms with Crippen molar-refractivity contribution in [2.75, 3.05) is 14.2 Å². The minimum absolute atomic E-state index is 0.0683. The molecule has 1 aromatic carbocycles. The molecule has 1 aliphatic carbocycles. The average molecular weight is 442 g/mol. The maximum absolute atomic E-state index is 13.5. The van der Waals surface area contributed by atoms with Crippen LogP contribution in [0.3, 0.4) is 0 Å². The summed E-state index contributed by atoms with van der Waals surface area (Å²) >= 11 is 1.49. The summed E-state index contributed by atoms with van der Waals surface area (Å²) in [5.41, 5.74) is 2.77. The second-order valence-electron chi connectivity index (χ2n) is 7.65. The summed E-state index contributed by atoms with van der Waals surface area (Å²) in [5, 5.41) is 5.25. The van der Waals surface area contributed by atoms with E-state index in [2.05, 4.69) is 11.2 Å². The van der Waals surface area contributed by atoms with Gasteiger partial charge in [0.05, 0.1) is 30.8 Å². The Bertz CT molecular complexity index is 1170. The Morgan fingerprint density at radius 2 is 1.97 bits per heavy atom. The van der Waals surface area contributed by atoms with Gasteiger partial charge in [0.1, 0.15) is 5.76 Å². The second-order valence-corrected chi connectivity index (χ2v) is 8.59. The lowest BCUT2D eigenvalue weighted by atomic mass is 9.97. The third kappa shape index (κ3) is 4.79. The molecule has 2 heterocycles. The summed E-state index contributed by atoms with van der Waals surface area (Å²) in [4.78, 5) is 18.3. The summed E-state index contributed by atoms with van der Waals surface area (Å²) < 4.78 is 17.7. The van der Waals surface area contributed by atoms with Crippen LogP contribution in [-0.2, 0) is 12.3 Å². The molecule has 0 spiro atoms. The van der Waals surface area contributed by atoms with Crippen LogP contribution in [0.5, 0.6) is 11.5 Å². The number of nitrogens with zero attached hydrogens (tertiary/aromatic N) is 3. The highest BCUT2D eigenvalue weighted by atomic mass is 32.2. The molecule has 31 heavy (non-hydrogen) atoms. The molecule has 3 aromatic rings. The third-order valence-corrected chi connectivity index (χ3v) is 6.50. The highest BCUT2D eigenvalue weighted by Gasteiger charge is 2.17. The van der Waals surface area contributed by atoms with Crippen molar-refractivity contribution in [1.29, 1.82) is 0 Å². The van der Waals surface area contributed by atoms with E-state index in [1.54, 1.807) is 30.9 Å². The van der Waals surface area contributed by atoms with Gasteiger partial charge in [-0.2, -0.15) is 0 Å². The molecule has 0 saturated heterocycles.